The van der Waals surface area contributed by atoms with Gasteiger partial charge in [-0.2, -0.15) is 0 Å². The van der Waals surface area contributed by atoms with Crippen LogP contribution in [0.25, 0.3) is 0 Å². The molecule has 650 valence electrons. The molecule has 16 aromatic rings. The molecule has 0 bridgehead atoms. The van der Waals surface area contributed by atoms with Crippen molar-refractivity contribution in [3.8, 4) is 0 Å². The number of methoxy groups -OCH3 is 2. The maximum atomic E-state index is 12.9. The summed E-state index contributed by atoms with van der Waals surface area (Å²) in [5, 5.41) is 1.53. The Hall–Kier alpha value is -14.3. The largest absolute Gasteiger partial charge is 0.459 e. The van der Waals surface area contributed by atoms with Gasteiger partial charge in [0.25, 0.3) is 0 Å². The van der Waals surface area contributed by atoms with Gasteiger partial charge in [-0.05, 0) is 178 Å². The number of carbonyl (C=O) groups excluding carboxylic acids is 4. The molecule has 0 fully saturated rings. The van der Waals surface area contributed by atoms with Gasteiger partial charge in [0.15, 0.2) is 0 Å². The number of nitrogens with zero attached hydrogens (tertiary/aromatic N) is 5. The molecule has 5 aliphatic rings. The third-order valence-corrected chi connectivity index (χ3v) is 26.2. The molecule has 5 heterocycles. The SMILES string of the molecule is CCOC(=O)C(=O)N1Cc2ccccc2C(c2ccccc2)c2ccccc21.CN1Cc2ccccc2C(c2ccccc2)c2cc(Br)ccc21.COC(=O)N1Cc2ccccc2C(c2ccccc2)c2ccccc21.COC(=O)N1Cc2ccccc2C(c2ccccc2Cl)c2ccccc21.Clc1ccccc1C1c2ccccc2CN(Cc2ccccc2)c2ccccc21. The lowest BCUT2D eigenvalue weighted by molar-refractivity contribution is -0.153. The van der Waals surface area contributed by atoms with E-state index in [0.717, 1.165) is 107 Å². The van der Waals surface area contributed by atoms with E-state index in [1.54, 1.807) is 16.7 Å². The zero-order valence-electron chi connectivity index (χ0n) is 73.2. The van der Waals surface area contributed by atoms with E-state index in [1.165, 1.54) is 86.1 Å². The fourth-order valence-corrected chi connectivity index (χ4v) is 20.0. The predicted molar refractivity (Wildman–Crippen MR) is 533 cm³/mol. The molecule has 5 aliphatic heterocycles. The zero-order chi connectivity index (χ0) is 90.3. The maximum absolute atomic E-state index is 12.9. The van der Waals surface area contributed by atoms with Gasteiger partial charge in [-0.25, -0.2) is 14.4 Å². The molecule has 15 heteroatoms. The predicted octanol–water partition coefficient (Wildman–Crippen LogP) is 27.5. The Kier molecular flexibility index (Phi) is 28.0. The lowest BCUT2D eigenvalue weighted by Gasteiger charge is -2.26. The van der Waals surface area contributed by atoms with Crippen molar-refractivity contribution in [2.75, 3.05) is 52.4 Å². The van der Waals surface area contributed by atoms with E-state index in [1.807, 2.05) is 158 Å². The number of rotatable bonds is 8. The number of ether oxygens (including phenoxy) is 3. The second kappa shape index (κ2) is 41.4. The summed E-state index contributed by atoms with van der Waals surface area (Å²) in [7, 11) is 5.01. The van der Waals surface area contributed by atoms with Crippen molar-refractivity contribution in [2.24, 2.45) is 0 Å². The van der Waals surface area contributed by atoms with Crippen molar-refractivity contribution < 1.29 is 33.4 Å². The van der Waals surface area contributed by atoms with Crippen LogP contribution in [0.15, 0.2) is 411 Å². The van der Waals surface area contributed by atoms with E-state index in [9.17, 15) is 19.2 Å². The molecular weight excluding hydrogens is 1730 g/mol. The van der Waals surface area contributed by atoms with Crippen LogP contribution in [0, 0.1) is 0 Å². The number of para-hydroxylation sites is 4. The quantitative estimate of drug-likeness (QED) is 0.0834. The van der Waals surface area contributed by atoms with Gasteiger partial charge >= 0.3 is 24.1 Å². The van der Waals surface area contributed by atoms with Crippen LogP contribution in [0.5, 0.6) is 0 Å². The minimum Gasteiger partial charge on any atom is -0.459 e. The van der Waals surface area contributed by atoms with Crippen molar-refractivity contribution in [2.45, 2.75) is 75.8 Å². The minimum absolute atomic E-state index is 0.0198. The molecule has 0 saturated carbocycles. The highest BCUT2D eigenvalue weighted by Crippen LogP contribution is 2.50. The van der Waals surface area contributed by atoms with Gasteiger partial charge in [0.1, 0.15) is 0 Å². The molecule has 0 radical (unpaired) electrons. The molecular formula is C116H98BrCl2N5O7. The summed E-state index contributed by atoms with van der Waals surface area (Å²) in [6.45, 7) is 5.85. The number of anilines is 5. The second-order valence-corrected chi connectivity index (χ2v) is 34.5. The van der Waals surface area contributed by atoms with Gasteiger partial charge < -0.3 is 24.0 Å². The van der Waals surface area contributed by atoms with Gasteiger partial charge in [0, 0.05) is 87.9 Å². The van der Waals surface area contributed by atoms with Crippen molar-refractivity contribution in [1.29, 1.82) is 0 Å². The summed E-state index contributed by atoms with van der Waals surface area (Å²) in [6.07, 6.45) is -0.706. The molecule has 16 aromatic carbocycles. The number of carbonyl (C=O) groups is 4. The monoisotopic (exact) mass is 1820 g/mol. The van der Waals surface area contributed by atoms with Crippen LogP contribution in [0.1, 0.15) is 153 Å². The van der Waals surface area contributed by atoms with E-state index >= 15 is 0 Å². The van der Waals surface area contributed by atoms with E-state index in [2.05, 4.69) is 281 Å². The molecule has 12 nitrogen and oxygen atoms in total. The molecule has 5 atom stereocenters. The summed E-state index contributed by atoms with van der Waals surface area (Å²) < 4.78 is 16.2. The number of benzene rings is 16. The van der Waals surface area contributed by atoms with Gasteiger partial charge in [-0.3, -0.25) is 19.5 Å². The highest BCUT2D eigenvalue weighted by atomic mass is 79.9. The standard InChI is InChI=1S/C27H22ClN.C24H21NO3.C22H18ClNO2.C22H19NO2.C21H18BrN/c28-25-16-8-6-14-23(25)27-22-13-5-4-12-21(22)19-29(18-20-10-2-1-3-11-20)26-17-9-7-15-24(26)27;1-2-28-24(27)23(26)25-16-18-12-6-7-13-19(18)22(17-10-4-3-5-11-17)20-14-8-9-15-21(20)25;1-26-22(25)24-14-15-8-2-3-9-16(15)21(17-10-4-6-12-19(17)23)18-11-5-7-13-20(18)24;1-25-22(24)23-15-17-11-5-6-12-18(17)21(16-9-3-2-4-10-16)19-13-7-8-14-20(19)23;1-23-14-16-9-5-6-10-18(16)21(15-7-3-2-4-8-15)19-13-17(22)11-12-20(19)23/h1-17,27H,18-19H2;3-15,22H,2,16H2,1H3;2-13,21H,14H2,1H3;2-14,21H,15H2,1H3;2-13,21H,14H2,1H3. The van der Waals surface area contributed by atoms with Gasteiger partial charge in [-0.15, -0.1) is 0 Å². The van der Waals surface area contributed by atoms with E-state index in [4.69, 9.17) is 37.4 Å². The normalized spacial score (nSPS) is 15.6. The average molecular weight is 1820 g/mol. The number of hydrogen-bond acceptors (Lipinski definition) is 9. The van der Waals surface area contributed by atoms with Gasteiger partial charge in [0.2, 0.25) is 0 Å². The smallest absolute Gasteiger partial charge is 0.414 e. The van der Waals surface area contributed by atoms with Crippen LogP contribution in [-0.2, 0) is 63.1 Å². The highest BCUT2D eigenvalue weighted by molar-refractivity contribution is 9.10. The number of amides is 3. The van der Waals surface area contributed by atoms with Crippen molar-refractivity contribution in [3.63, 3.8) is 0 Å². The lowest BCUT2D eigenvalue weighted by Crippen LogP contribution is -2.37. The van der Waals surface area contributed by atoms with Crippen molar-refractivity contribution >= 4 is 91.6 Å². The van der Waals surface area contributed by atoms with E-state index < -0.39 is 11.9 Å². The summed E-state index contributed by atoms with van der Waals surface area (Å²) in [5.41, 5.74) is 30.3. The third-order valence-electron chi connectivity index (χ3n) is 25.0. The summed E-state index contributed by atoms with van der Waals surface area (Å²) in [4.78, 5) is 59.8. The molecule has 0 aromatic heterocycles. The Balaban J connectivity index is 0.000000115. The molecule has 0 spiro atoms. The molecule has 0 N–H and O–H groups in total. The zero-order valence-corrected chi connectivity index (χ0v) is 76.3. The van der Waals surface area contributed by atoms with E-state index in [-0.39, 0.29) is 48.4 Å². The number of fused-ring (bicyclic) bond motifs is 10. The Morgan fingerprint density at radius 1 is 0.305 bits per heavy atom. The summed E-state index contributed by atoms with van der Waals surface area (Å²) >= 11 is 16.9. The average Bonchev–Trinajstić information content (AvgIpc) is 1.66. The molecule has 5 unspecified atom stereocenters. The highest BCUT2D eigenvalue weighted by Gasteiger charge is 2.38. The Labute approximate surface area is 785 Å². The fraction of sp³-hybridized carbons (Fsp3) is 0.138. The van der Waals surface area contributed by atoms with Crippen LogP contribution in [0.4, 0.5) is 38.0 Å². The Morgan fingerprint density at radius 3 is 1.00 bits per heavy atom. The first kappa shape index (κ1) is 88.7. The summed E-state index contributed by atoms with van der Waals surface area (Å²) in [5.74, 6) is -1.06. The first-order valence-electron chi connectivity index (χ1n) is 44.1. The lowest BCUT2D eigenvalue weighted by atomic mass is 9.83. The molecule has 0 aliphatic carbocycles. The first-order valence-corrected chi connectivity index (χ1v) is 45.7. The van der Waals surface area contributed by atoms with Crippen LogP contribution in [0.2, 0.25) is 10.0 Å². The van der Waals surface area contributed by atoms with Crippen molar-refractivity contribution in [1.82, 2.24) is 0 Å². The fourth-order valence-electron chi connectivity index (χ4n) is 19.2. The number of esters is 1. The first-order chi connectivity index (χ1) is 64.2. The number of hydrogen-bond donors (Lipinski definition) is 0. The topological polar surface area (TPSA) is 112 Å². The van der Waals surface area contributed by atoms with Crippen molar-refractivity contribution in [3.05, 3.63) is 538 Å². The molecule has 0 saturated heterocycles. The van der Waals surface area contributed by atoms with Crippen LogP contribution in [-0.4, -0.2) is 51.9 Å². The van der Waals surface area contributed by atoms with Crippen LogP contribution >= 0.6 is 39.1 Å². The minimum atomic E-state index is -0.826. The Morgan fingerprint density at radius 2 is 0.603 bits per heavy atom. The second-order valence-electron chi connectivity index (χ2n) is 32.8. The molecule has 21 rings (SSSR count). The van der Waals surface area contributed by atoms with Gasteiger partial charge in [-0.1, -0.05) is 391 Å². The maximum Gasteiger partial charge on any atom is 0.414 e. The van der Waals surface area contributed by atoms with E-state index in [0.29, 0.717) is 24.7 Å². The summed E-state index contributed by atoms with van der Waals surface area (Å²) in [6, 6.07) is 140. The van der Waals surface area contributed by atoms with Crippen LogP contribution < -0.4 is 24.5 Å². The molecule has 131 heavy (non-hydrogen) atoms. The third kappa shape index (κ3) is 19.2. The number of halogens is 3. The molecule has 3 amide bonds. The van der Waals surface area contributed by atoms with Gasteiger partial charge in [0.05, 0.1) is 51.8 Å². The van der Waals surface area contributed by atoms with Crippen LogP contribution in [0.3, 0.4) is 0 Å². The Bertz CT molecular complexity index is 6740.